The van der Waals surface area contributed by atoms with Crippen molar-refractivity contribution in [1.82, 2.24) is 5.32 Å². The van der Waals surface area contributed by atoms with Gasteiger partial charge < -0.3 is 10.6 Å². The maximum atomic E-state index is 3.63. The van der Waals surface area contributed by atoms with Crippen LogP contribution in [0.5, 0.6) is 0 Å². The lowest BCUT2D eigenvalue weighted by atomic mass is 9.98. The van der Waals surface area contributed by atoms with Gasteiger partial charge in [-0.3, -0.25) is 0 Å². The highest BCUT2D eigenvalue weighted by Crippen LogP contribution is 2.16. The average Bonchev–Trinajstić information content (AvgIpc) is 2.47. The first kappa shape index (κ1) is 15.4. The van der Waals surface area contributed by atoms with Crippen LogP contribution in [0.3, 0.4) is 0 Å². The number of aryl methyl sites for hydroxylation is 1. The molecule has 1 aromatic rings. The lowest BCUT2D eigenvalue weighted by molar-refractivity contribution is 0.371. The number of hydrogen-bond donors (Lipinski definition) is 2. The molecule has 112 valence electrons. The molecule has 1 fully saturated rings. The van der Waals surface area contributed by atoms with Crippen LogP contribution < -0.4 is 10.6 Å². The van der Waals surface area contributed by atoms with Gasteiger partial charge in [-0.25, -0.2) is 0 Å². The predicted molar refractivity (Wildman–Crippen MR) is 88.4 cm³/mol. The SMILES string of the molecule is CCCCc1ccc(NC(C)CC2CCCCN2)cc1. The number of hydrogen-bond acceptors (Lipinski definition) is 2. The molecule has 0 saturated carbocycles. The van der Waals surface area contributed by atoms with Gasteiger partial charge in [-0.2, -0.15) is 0 Å². The first-order chi connectivity index (χ1) is 9.78. The standard InChI is InChI=1S/C18H30N2/c1-3-4-7-16-9-11-17(12-10-16)20-15(2)14-18-8-5-6-13-19-18/h9-12,15,18-20H,3-8,13-14H2,1-2H3. The van der Waals surface area contributed by atoms with E-state index in [0.717, 1.165) is 0 Å². The second kappa shape index (κ2) is 8.31. The van der Waals surface area contributed by atoms with Crippen LogP contribution in [0.1, 0.15) is 57.9 Å². The lowest BCUT2D eigenvalue weighted by Crippen LogP contribution is -2.37. The molecule has 0 radical (unpaired) electrons. The van der Waals surface area contributed by atoms with E-state index in [4.69, 9.17) is 0 Å². The van der Waals surface area contributed by atoms with Crippen LogP contribution in [0, 0.1) is 0 Å². The fourth-order valence-corrected chi connectivity index (χ4v) is 3.04. The molecule has 0 aromatic heterocycles. The van der Waals surface area contributed by atoms with Crippen molar-refractivity contribution < 1.29 is 0 Å². The van der Waals surface area contributed by atoms with Gasteiger partial charge in [-0.05, 0) is 63.3 Å². The topological polar surface area (TPSA) is 24.1 Å². The smallest absolute Gasteiger partial charge is 0.0342 e. The van der Waals surface area contributed by atoms with Crippen LogP contribution in [-0.4, -0.2) is 18.6 Å². The van der Waals surface area contributed by atoms with E-state index >= 15 is 0 Å². The highest BCUT2D eigenvalue weighted by molar-refractivity contribution is 5.45. The van der Waals surface area contributed by atoms with Gasteiger partial charge in [0.25, 0.3) is 0 Å². The summed E-state index contributed by atoms with van der Waals surface area (Å²) < 4.78 is 0. The summed E-state index contributed by atoms with van der Waals surface area (Å²) in [6, 6.07) is 10.2. The van der Waals surface area contributed by atoms with Crippen molar-refractivity contribution in [3.05, 3.63) is 29.8 Å². The van der Waals surface area contributed by atoms with E-state index in [0.29, 0.717) is 12.1 Å². The molecule has 0 amide bonds. The van der Waals surface area contributed by atoms with Crippen molar-refractivity contribution in [1.29, 1.82) is 0 Å². The molecule has 0 aliphatic carbocycles. The summed E-state index contributed by atoms with van der Waals surface area (Å²) >= 11 is 0. The van der Waals surface area contributed by atoms with Crippen molar-refractivity contribution in [2.75, 3.05) is 11.9 Å². The molecule has 2 heteroatoms. The first-order valence-corrected chi connectivity index (χ1v) is 8.37. The number of nitrogens with one attached hydrogen (secondary N) is 2. The highest BCUT2D eigenvalue weighted by atomic mass is 15.0. The zero-order chi connectivity index (χ0) is 14.2. The van der Waals surface area contributed by atoms with E-state index in [1.165, 1.54) is 62.7 Å². The number of piperidine rings is 1. The molecule has 1 aromatic carbocycles. The van der Waals surface area contributed by atoms with E-state index < -0.39 is 0 Å². The predicted octanol–water partition coefficient (Wildman–Crippen LogP) is 4.36. The zero-order valence-corrected chi connectivity index (χ0v) is 13.1. The van der Waals surface area contributed by atoms with Crippen molar-refractivity contribution in [3.8, 4) is 0 Å². The zero-order valence-electron chi connectivity index (χ0n) is 13.1. The van der Waals surface area contributed by atoms with Crippen molar-refractivity contribution in [2.45, 2.75) is 70.9 Å². The second-order valence-corrected chi connectivity index (χ2v) is 6.23. The van der Waals surface area contributed by atoms with Crippen LogP contribution >= 0.6 is 0 Å². The largest absolute Gasteiger partial charge is 0.383 e. The molecule has 2 unspecified atom stereocenters. The van der Waals surface area contributed by atoms with Gasteiger partial charge in [-0.15, -0.1) is 0 Å². The third kappa shape index (κ3) is 5.16. The van der Waals surface area contributed by atoms with E-state index in [1.807, 2.05) is 0 Å². The molecule has 1 heterocycles. The minimum atomic E-state index is 0.534. The van der Waals surface area contributed by atoms with Gasteiger partial charge in [-0.1, -0.05) is 31.9 Å². The maximum absolute atomic E-state index is 3.63. The average molecular weight is 274 g/mol. The molecule has 1 aliphatic rings. The molecular formula is C18H30N2. The summed E-state index contributed by atoms with van der Waals surface area (Å²) in [5.74, 6) is 0. The van der Waals surface area contributed by atoms with Crippen LogP contribution in [0.25, 0.3) is 0 Å². The van der Waals surface area contributed by atoms with Crippen LogP contribution in [0.2, 0.25) is 0 Å². The molecule has 2 rings (SSSR count). The van der Waals surface area contributed by atoms with Crippen LogP contribution in [0.4, 0.5) is 5.69 Å². The Balaban J connectivity index is 1.76. The third-order valence-electron chi connectivity index (χ3n) is 4.24. The summed E-state index contributed by atoms with van der Waals surface area (Å²) in [5.41, 5.74) is 2.72. The molecule has 2 N–H and O–H groups in total. The van der Waals surface area contributed by atoms with E-state index in [1.54, 1.807) is 0 Å². The Morgan fingerprint density at radius 2 is 2.05 bits per heavy atom. The van der Waals surface area contributed by atoms with Gasteiger partial charge in [0.2, 0.25) is 0 Å². The molecular weight excluding hydrogens is 244 g/mol. The third-order valence-corrected chi connectivity index (χ3v) is 4.24. The molecule has 1 saturated heterocycles. The Bertz CT molecular complexity index is 366. The van der Waals surface area contributed by atoms with Gasteiger partial charge in [0, 0.05) is 17.8 Å². The summed E-state index contributed by atoms with van der Waals surface area (Å²) in [6.45, 7) is 5.74. The molecule has 1 aliphatic heterocycles. The van der Waals surface area contributed by atoms with Crippen molar-refractivity contribution in [2.24, 2.45) is 0 Å². The van der Waals surface area contributed by atoms with Crippen LogP contribution in [0.15, 0.2) is 24.3 Å². The van der Waals surface area contributed by atoms with E-state index in [2.05, 4.69) is 48.7 Å². The Morgan fingerprint density at radius 3 is 2.70 bits per heavy atom. The lowest BCUT2D eigenvalue weighted by Gasteiger charge is -2.27. The molecule has 2 nitrogen and oxygen atoms in total. The minimum absolute atomic E-state index is 0.534. The van der Waals surface area contributed by atoms with Gasteiger partial charge in [0.1, 0.15) is 0 Å². The maximum Gasteiger partial charge on any atom is 0.0342 e. The number of unbranched alkanes of at least 4 members (excludes halogenated alkanes) is 1. The quantitative estimate of drug-likeness (QED) is 0.772. The van der Waals surface area contributed by atoms with E-state index in [9.17, 15) is 0 Å². The van der Waals surface area contributed by atoms with E-state index in [-0.39, 0.29) is 0 Å². The minimum Gasteiger partial charge on any atom is -0.383 e. The molecule has 0 spiro atoms. The fourth-order valence-electron chi connectivity index (χ4n) is 3.04. The number of benzene rings is 1. The number of rotatable bonds is 7. The Morgan fingerprint density at radius 1 is 1.25 bits per heavy atom. The summed E-state index contributed by atoms with van der Waals surface area (Å²) in [4.78, 5) is 0. The Labute approximate surface area is 124 Å². The summed E-state index contributed by atoms with van der Waals surface area (Å²) in [6.07, 6.45) is 9.05. The summed E-state index contributed by atoms with van der Waals surface area (Å²) in [7, 11) is 0. The fraction of sp³-hybridized carbons (Fsp3) is 0.667. The van der Waals surface area contributed by atoms with Crippen molar-refractivity contribution in [3.63, 3.8) is 0 Å². The highest BCUT2D eigenvalue weighted by Gasteiger charge is 2.15. The Hall–Kier alpha value is -1.02. The second-order valence-electron chi connectivity index (χ2n) is 6.23. The van der Waals surface area contributed by atoms with Gasteiger partial charge in [0.05, 0.1) is 0 Å². The summed E-state index contributed by atoms with van der Waals surface area (Å²) in [5, 5.41) is 7.26. The van der Waals surface area contributed by atoms with Gasteiger partial charge in [0.15, 0.2) is 0 Å². The molecule has 20 heavy (non-hydrogen) atoms. The van der Waals surface area contributed by atoms with Crippen LogP contribution in [-0.2, 0) is 6.42 Å². The molecule has 2 atom stereocenters. The molecule has 0 bridgehead atoms. The monoisotopic (exact) mass is 274 g/mol. The normalized spacial score (nSPS) is 20.6. The number of anilines is 1. The van der Waals surface area contributed by atoms with Gasteiger partial charge >= 0.3 is 0 Å². The van der Waals surface area contributed by atoms with Crippen molar-refractivity contribution >= 4 is 5.69 Å². The Kier molecular flexibility index (Phi) is 6.38. The first-order valence-electron chi connectivity index (χ1n) is 8.37.